The van der Waals surface area contributed by atoms with Gasteiger partial charge in [0, 0.05) is 67.9 Å². The maximum absolute atomic E-state index is 14.4. The number of pyridine rings is 2. The van der Waals surface area contributed by atoms with Crippen LogP contribution >= 0.6 is 70.4 Å². The first-order chi connectivity index (χ1) is 67.3. The van der Waals surface area contributed by atoms with E-state index in [2.05, 4.69) is 101 Å². The number of nitrogens with zero attached hydrogens (tertiary/aromatic N) is 28. The van der Waals surface area contributed by atoms with Gasteiger partial charge in [-0.05, 0) is 144 Å². The number of hydrogen-bond donors (Lipinski definition) is 5. The van der Waals surface area contributed by atoms with E-state index in [4.69, 9.17) is 88.4 Å². The lowest BCUT2D eigenvalue weighted by atomic mass is 9.84. The Morgan fingerprint density at radius 2 is 0.821 bits per heavy atom. The van der Waals surface area contributed by atoms with Gasteiger partial charge in [-0.2, -0.15) is 25.5 Å². The fraction of sp³-hybridized carbons (Fsp3) is 0.289. The van der Waals surface area contributed by atoms with Crippen LogP contribution in [0.4, 0.5) is 8.78 Å². The first kappa shape index (κ1) is 100. The average molecular weight is 2030 g/mol. The Kier molecular flexibility index (Phi) is 32.8. The zero-order valence-corrected chi connectivity index (χ0v) is 79.6. The second-order valence-electron chi connectivity index (χ2n) is 32.1. The average Bonchev–Trinajstić information content (AvgIpc) is 1.67. The molecule has 0 unspecified atom stereocenters. The van der Waals surface area contributed by atoms with Crippen LogP contribution in [0.3, 0.4) is 0 Å². The lowest BCUT2D eigenvalue weighted by Gasteiger charge is -2.01. The Morgan fingerprint density at radius 1 is 0.457 bits per heavy atom. The number of fused-ring (bicyclic) bond motifs is 7. The van der Waals surface area contributed by atoms with Gasteiger partial charge in [-0.15, -0.1) is 24.0 Å². The molecular formula is C90H89BCl6F2N30O11. The molecule has 19 aromatic rings. The third-order valence-electron chi connectivity index (χ3n) is 21.5. The molecule has 4 aliphatic carbocycles. The Morgan fingerprint density at radius 3 is 1.19 bits per heavy atom. The number of ether oxygens (including phenoxy) is 3. The highest BCUT2D eigenvalue weighted by Crippen LogP contribution is 2.41. The fourth-order valence-corrected chi connectivity index (χ4v) is 14.8. The summed E-state index contributed by atoms with van der Waals surface area (Å²) in [6, 6.07) is 22.0. The van der Waals surface area contributed by atoms with Gasteiger partial charge in [-0.25, -0.2) is 110 Å². The molecule has 41 nitrogen and oxygen atoms in total. The molecule has 4 saturated carbocycles. The number of ketones is 1. The monoisotopic (exact) mass is 2020 g/mol. The molecule has 0 spiro atoms. The van der Waals surface area contributed by atoms with Crippen molar-refractivity contribution in [1.29, 1.82) is 0 Å². The number of imidazole rings is 12. The number of carboxylic acids is 1. The third-order valence-corrected chi connectivity index (χ3v) is 22.8. The number of hydrogen-bond acceptors (Lipinski definition) is 28. The van der Waals surface area contributed by atoms with Crippen molar-refractivity contribution >= 4 is 146 Å². The van der Waals surface area contributed by atoms with Gasteiger partial charge in [0.1, 0.15) is 32.7 Å². The number of carboxylic acid groups (broad SMARTS) is 1. The molecule has 4 fully saturated rings. The number of Topliss-reactive ketones (excluding diaryl/α,β-unsaturated/α-hetero) is 1. The number of aryl methyl sites for hydroxylation is 1. The van der Waals surface area contributed by atoms with Crippen LogP contribution in [-0.4, -0.2) is 212 Å². The zero-order chi connectivity index (χ0) is 97.5. The van der Waals surface area contributed by atoms with Crippen LogP contribution in [0, 0.1) is 11.6 Å². The number of nitrogens with one attached hydrogen (secondary N) is 1. The molecule has 0 radical (unpaired) electrons. The number of nitrogens with two attached hydrogens (primary N) is 1. The number of esters is 3. The Labute approximate surface area is 824 Å². The summed E-state index contributed by atoms with van der Waals surface area (Å²) < 4.78 is 61.2. The molecule has 0 aromatic carbocycles. The largest absolute Gasteiger partial charge is 0.476 e. The topological polar surface area (TPSA) is 485 Å². The number of aromatic nitrogens is 29. The van der Waals surface area contributed by atoms with E-state index >= 15 is 0 Å². The number of aromatic amines is 1. The van der Waals surface area contributed by atoms with Gasteiger partial charge < -0.3 is 67.2 Å². The van der Waals surface area contributed by atoms with Crippen LogP contribution in [0.2, 0.25) is 26.2 Å². The van der Waals surface area contributed by atoms with E-state index in [0.29, 0.717) is 132 Å². The molecule has 0 atom stereocenters. The first-order valence-corrected chi connectivity index (χ1v) is 46.0. The van der Waals surface area contributed by atoms with Crippen molar-refractivity contribution in [2.75, 3.05) is 19.8 Å². The lowest BCUT2D eigenvalue weighted by molar-refractivity contribution is 0.0510. The standard InChI is InChI=1S/C23H19ClFN7O.C16H17N5O2.C14H13N5O2.C13H12ClN5O2.C8H7ClFN3.C7H5Cl2N3.C6H8N2O2.C3H7BO2.ClH/c24-16-7-8-31-13-27-18(23(31)22(16)25)3-5-20(33)19-11-30(12-26-19)9-15-10-32-21(28-15)6-4-17(29-32)14-1-2-14;1-2-23-16(22)14-9-20(10-17-14)7-12-8-21-15(18-12)6-5-13(19-21)11-3-4-11;20-14(21)12-7-18(8-15-12)5-10-6-19-13(16-10)4-3-11(17-19)9-1-2-9;1-2-21-13(20)10-7-18(8-15-10)5-9-6-19-12(16-9)4-3-11(14)17-19;9-5-1-2-13-4-12-6(3-11)8(13)7(5)10;8-3-5-4-12-7(10-5)2-1-6(9)11-12;1-2-10-6(9)5-3-7-4-8-5;5-4(6)3-1-2-3;/h4,6-8,10-14H,1-3,5,9H2;5-6,8-11H,2-4,7H2,1H3;3-4,6-9H,1-2,5H2,(H,20,21);3-4,6-8H,2,5H2,1H3;1-2,4H,3,11H2;1-2,4H,3H2;3-4H,2H2,1H3,(H,7,8);3,5-6H,1-2H2;1H. The molecule has 0 aliphatic heterocycles. The van der Waals surface area contributed by atoms with Crippen LogP contribution in [0.5, 0.6) is 0 Å². The summed E-state index contributed by atoms with van der Waals surface area (Å²) in [5, 5.41) is 48.3. The van der Waals surface area contributed by atoms with Gasteiger partial charge in [0.2, 0.25) is 0 Å². The highest BCUT2D eigenvalue weighted by molar-refractivity contribution is 6.44. The van der Waals surface area contributed by atoms with E-state index in [9.17, 15) is 32.8 Å². The van der Waals surface area contributed by atoms with Crippen molar-refractivity contribution in [2.24, 2.45) is 5.73 Å². The van der Waals surface area contributed by atoms with Crippen LogP contribution in [0.1, 0.15) is 206 Å². The number of carbonyl (C=O) groups is 5. The van der Waals surface area contributed by atoms with Gasteiger partial charge in [-0.3, -0.25) is 4.79 Å². The summed E-state index contributed by atoms with van der Waals surface area (Å²) in [5.41, 5.74) is 19.8. The maximum atomic E-state index is 14.4. The first-order valence-electron chi connectivity index (χ1n) is 43.9. The summed E-state index contributed by atoms with van der Waals surface area (Å²) in [5.74, 6) is -0.962. The molecule has 4 aliphatic rings. The van der Waals surface area contributed by atoms with Crippen LogP contribution in [0.25, 0.3) is 39.3 Å². The molecule has 50 heteroatoms. The normalized spacial score (nSPS) is 13.0. The molecule has 724 valence electrons. The molecule has 0 amide bonds. The predicted octanol–water partition coefficient (Wildman–Crippen LogP) is 13.8. The van der Waals surface area contributed by atoms with E-state index in [1.807, 2.05) is 67.1 Å². The highest BCUT2D eigenvalue weighted by Gasteiger charge is 2.33. The molecule has 140 heavy (non-hydrogen) atoms. The summed E-state index contributed by atoms with van der Waals surface area (Å²) in [6.45, 7) is 8.51. The number of alkyl halides is 1. The Balaban J connectivity index is 0.000000126. The summed E-state index contributed by atoms with van der Waals surface area (Å²) in [4.78, 5) is 110. The smallest absolute Gasteiger partial charge is 0.454 e. The van der Waals surface area contributed by atoms with Gasteiger partial charge in [-0.1, -0.05) is 59.2 Å². The summed E-state index contributed by atoms with van der Waals surface area (Å²) in [7, 11) is -1.04. The predicted molar refractivity (Wildman–Crippen MR) is 510 cm³/mol. The zero-order valence-electron chi connectivity index (χ0n) is 75.0. The van der Waals surface area contributed by atoms with Crippen molar-refractivity contribution in [1.82, 2.24) is 140 Å². The molecule has 19 aromatic heterocycles. The third kappa shape index (κ3) is 26.0. The van der Waals surface area contributed by atoms with Crippen molar-refractivity contribution in [2.45, 2.75) is 147 Å². The van der Waals surface area contributed by atoms with Crippen molar-refractivity contribution in [3.05, 3.63) is 309 Å². The number of rotatable bonds is 25. The van der Waals surface area contributed by atoms with Crippen molar-refractivity contribution in [3.63, 3.8) is 0 Å². The van der Waals surface area contributed by atoms with Crippen LogP contribution in [0.15, 0.2) is 191 Å². The molecule has 19 heterocycles. The molecule has 23 rings (SSSR count). The molecule has 0 bridgehead atoms. The van der Waals surface area contributed by atoms with Crippen molar-refractivity contribution in [3.8, 4) is 0 Å². The molecular weight excluding hydrogens is 1940 g/mol. The van der Waals surface area contributed by atoms with Gasteiger partial charge in [0.05, 0.1) is 200 Å². The molecule has 6 N–H and O–H groups in total. The highest BCUT2D eigenvalue weighted by atomic mass is 35.5. The fourth-order valence-electron chi connectivity index (χ4n) is 14.1. The quantitative estimate of drug-likeness (QED) is 0.0117. The number of halogens is 8. The van der Waals surface area contributed by atoms with Crippen LogP contribution in [-0.2, 0) is 59.2 Å². The number of aromatic carboxylic acids is 1. The second-order valence-corrected chi connectivity index (χ2v) is 34.0. The summed E-state index contributed by atoms with van der Waals surface area (Å²) >= 11 is 28.6. The van der Waals surface area contributed by atoms with E-state index in [1.165, 1.54) is 88.4 Å². The number of H-pyrrole nitrogens is 1. The van der Waals surface area contributed by atoms with Crippen LogP contribution < -0.4 is 5.73 Å². The van der Waals surface area contributed by atoms with Crippen molar-refractivity contribution < 1.29 is 62.1 Å². The lowest BCUT2D eigenvalue weighted by Crippen LogP contribution is -2.09. The maximum Gasteiger partial charge on any atom is 0.454 e. The van der Waals surface area contributed by atoms with E-state index in [-0.39, 0.29) is 64.4 Å². The van der Waals surface area contributed by atoms with Gasteiger partial charge in [0.25, 0.3) is 0 Å². The SMILES string of the molecule is CCOC(=O)c1cn(Cc2cn3nc(C4CC4)ccc3n2)cn1.CCOC(=O)c1cn(Cc2cn3nc(Cl)ccc3n2)cn1.CCOC(=O)c1cnc[nH]1.Cl.ClCc1cn2nc(Cl)ccc2n1.NCc1ncn2ccc(Cl)c(F)c12.O=C(CCc1ncn2ccc(Cl)c(F)c12)c1cn(Cc2cn3nc(C4CC4)ccc3n2)cn1.O=C(O)c1cn(Cc2cn3nc(C4CC4)ccc3n2)cn1.OB(O)C1CC1. The minimum atomic E-state index is -1.04. The minimum Gasteiger partial charge on any atom is -0.476 e. The van der Waals surface area contributed by atoms with Gasteiger partial charge >= 0.3 is 31.0 Å². The minimum absolute atomic E-state index is 0. The van der Waals surface area contributed by atoms with Gasteiger partial charge in [0.15, 0.2) is 62.7 Å². The Bertz CT molecular complexity index is 7560. The second kappa shape index (κ2) is 45.9. The van der Waals surface area contributed by atoms with E-state index in [1.54, 1.807) is 139 Å². The summed E-state index contributed by atoms with van der Waals surface area (Å²) in [6.07, 6.45) is 41.0. The van der Waals surface area contributed by atoms with E-state index < -0.39 is 36.7 Å². The van der Waals surface area contributed by atoms with E-state index in [0.717, 1.165) is 81.0 Å². The molecule has 0 saturated heterocycles. The number of carbonyl (C=O) groups excluding carboxylic acids is 4. The Hall–Kier alpha value is -14.4.